The second-order valence-electron chi connectivity index (χ2n) is 8.29. The molecule has 0 radical (unpaired) electrons. The third-order valence-corrected chi connectivity index (χ3v) is 6.23. The van der Waals surface area contributed by atoms with Crippen molar-refractivity contribution in [1.82, 2.24) is 20.1 Å². The van der Waals surface area contributed by atoms with E-state index in [2.05, 4.69) is 10.3 Å². The largest absolute Gasteiger partial charge is 0.361 e. The summed E-state index contributed by atoms with van der Waals surface area (Å²) >= 11 is 0. The van der Waals surface area contributed by atoms with E-state index in [9.17, 15) is 14.4 Å². The molecule has 2 atom stereocenters. The predicted molar refractivity (Wildman–Crippen MR) is 117 cm³/mol. The monoisotopic (exact) mass is 416 g/mol. The van der Waals surface area contributed by atoms with E-state index in [0.717, 1.165) is 22.0 Å². The van der Waals surface area contributed by atoms with Crippen molar-refractivity contribution >= 4 is 28.6 Å². The van der Waals surface area contributed by atoms with Crippen LogP contribution >= 0.6 is 0 Å². The van der Waals surface area contributed by atoms with Gasteiger partial charge in [-0.1, -0.05) is 35.9 Å². The van der Waals surface area contributed by atoms with Crippen molar-refractivity contribution in [3.05, 3.63) is 71.4 Å². The van der Waals surface area contributed by atoms with Crippen molar-refractivity contribution in [3.8, 4) is 0 Å². The number of rotatable bonds is 3. The summed E-state index contributed by atoms with van der Waals surface area (Å²) in [5.41, 5.74) is 3.62. The maximum Gasteiger partial charge on any atom is 0.254 e. The number of H-pyrrole nitrogens is 1. The Balaban J connectivity index is 1.31. The summed E-state index contributed by atoms with van der Waals surface area (Å²) in [6.45, 7) is 2.93. The Hall–Kier alpha value is -3.61. The third-order valence-electron chi connectivity index (χ3n) is 6.23. The van der Waals surface area contributed by atoms with Gasteiger partial charge in [0.15, 0.2) is 0 Å². The highest BCUT2D eigenvalue weighted by Crippen LogP contribution is 2.23. The summed E-state index contributed by atoms with van der Waals surface area (Å²) in [6.07, 6.45) is 2.33. The number of nitrogens with one attached hydrogen (secondary N) is 2. The fraction of sp³-hybridized carbons (Fsp3) is 0.292. The first-order valence-corrected chi connectivity index (χ1v) is 10.5. The molecule has 2 fully saturated rings. The summed E-state index contributed by atoms with van der Waals surface area (Å²) in [6, 6.07) is 14.1. The number of para-hydroxylation sites is 1. The number of carbonyl (C=O) groups excluding carboxylic acids is 3. The number of aromatic nitrogens is 1. The summed E-state index contributed by atoms with van der Waals surface area (Å²) in [7, 11) is 0. The number of hydrogen-bond acceptors (Lipinski definition) is 3. The number of fused-ring (bicyclic) bond motifs is 2. The van der Waals surface area contributed by atoms with E-state index < -0.39 is 12.1 Å². The minimum absolute atomic E-state index is 0.0856. The van der Waals surface area contributed by atoms with Crippen LogP contribution in [0.3, 0.4) is 0 Å². The van der Waals surface area contributed by atoms with Crippen LogP contribution in [0.25, 0.3) is 10.9 Å². The van der Waals surface area contributed by atoms with Crippen LogP contribution in [0, 0.1) is 6.92 Å². The van der Waals surface area contributed by atoms with Gasteiger partial charge in [-0.3, -0.25) is 14.4 Å². The lowest BCUT2D eigenvalue weighted by molar-refractivity contribution is -0.152. The molecule has 0 saturated carbocycles. The Morgan fingerprint density at radius 1 is 1.10 bits per heavy atom. The van der Waals surface area contributed by atoms with Crippen LogP contribution in [0.2, 0.25) is 0 Å². The third kappa shape index (κ3) is 3.46. The van der Waals surface area contributed by atoms with Gasteiger partial charge in [-0.05, 0) is 30.7 Å². The summed E-state index contributed by atoms with van der Waals surface area (Å²) in [5, 5.41) is 3.95. The van der Waals surface area contributed by atoms with Crippen molar-refractivity contribution in [2.45, 2.75) is 25.4 Å². The summed E-state index contributed by atoms with van der Waals surface area (Å²) < 4.78 is 0. The molecule has 3 heterocycles. The van der Waals surface area contributed by atoms with Gasteiger partial charge in [0.05, 0.1) is 6.54 Å². The lowest BCUT2D eigenvalue weighted by Crippen LogP contribution is -2.70. The van der Waals surface area contributed by atoms with E-state index in [1.807, 2.05) is 55.6 Å². The van der Waals surface area contributed by atoms with Gasteiger partial charge in [0, 0.05) is 42.2 Å². The fourth-order valence-electron chi connectivity index (χ4n) is 4.60. The number of carbonyl (C=O) groups is 3. The van der Waals surface area contributed by atoms with Gasteiger partial charge >= 0.3 is 0 Å². The van der Waals surface area contributed by atoms with E-state index in [4.69, 9.17) is 0 Å². The Bertz CT molecular complexity index is 1180. The zero-order chi connectivity index (χ0) is 21.5. The number of nitrogens with zero attached hydrogens (tertiary/aromatic N) is 2. The van der Waals surface area contributed by atoms with Gasteiger partial charge < -0.3 is 20.1 Å². The van der Waals surface area contributed by atoms with Crippen molar-refractivity contribution in [3.63, 3.8) is 0 Å². The Morgan fingerprint density at radius 2 is 1.94 bits per heavy atom. The van der Waals surface area contributed by atoms with Gasteiger partial charge in [0.1, 0.15) is 12.1 Å². The average molecular weight is 416 g/mol. The first kappa shape index (κ1) is 19.4. The van der Waals surface area contributed by atoms with Gasteiger partial charge in [-0.25, -0.2) is 0 Å². The minimum atomic E-state index is -0.644. The van der Waals surface area contributed by atoms with Crippen LogP contribution in [0.4, 0.5) is 0 Å². The molecular weight excluding hydrogens is 392 g/mol. The minimum Gasteiger partial charge on any atom is -0.361 e. The van der Waals surface area contributed by atoms with E-state index >= 15 is 0 Å². The molecule has 0 aliphatic carbocycles. The highest BCUT2D eigenvalue weighted by atomic mass is 16.2. The van der Waals surface area contributed by atoms with Gasteiger partial charge in [-0.15, -0.1) is 0 Å². The first-order valence-electron chi connectivity index (χ1n) is 10.5. The number of benzene rings is 2. The zero-order valence-corrected chi connectivity index (χ0v) is 17.3. The lowest BCUT2D eigenvalue weighted by atomic mass is 9.98. The highest BCUT2D eigenvalue weighted by molar-refractivity contribution is 5.99. The molecule has 5 rings (SSSR count). The summed E-state index contributed by atoms with van der Waals surface area (Å²) in [4.78, 5) is 45.5. The van der Waals surface area contributed by atoms with E-state index in [1.54, 1.807) is 15.9 Å². The number of piperazine rings is 2. The van der Waals surface area contributed by atoms with Crippen LogP contribution < -0.4 is 5.32 Å². The van der Waals surface area contributed by atoms with Crippen LogP contribution in [0.1, 0.15) is 21.5 Å². The quantitative estimate of drug-likeness (QED) is 0.684. The topological polar surface area (TPSA) is 85.5 Å². The number of aryl methyl sites for hydroxylation is 1. The van der Waals surface area contributed by atoms with Crippen molar-refractivity contribution in [2.75, 3.05) is 19.6 Å². The molecule has 2 N–H and O–H groups in total. The SMILES string of the molecule is Cc1cccc(C(=O)N2CCN3C(=O)[C@H](Cc4c[nH]c5ccccc45)NC(=O)[C@H]3C2)c1. The van der Waals surface area contributed by atoms with Crippen LogP contribution in [-0.2, 0) is 16.0 Å². The highest BCUT2D eigenvalue weighted by Gasteiger charge is 2.44. The van der Waals surface area contributed by atoms with Crippen molar-refractivity contribution in [2.24, 2.45) is 0 Å². The van der Waals surface area contributed by atoms with Crippen LogP contribution in [-0.4, -0.2) is 64.2 Å². The predicted octanol–water partition coefficient (Wildman–Crippen LogP) is 1.87. The number of aromatic amines is 1. The Labute approximate surface area is 180 Å². The molecule has 2 saturated heterocycles. The molecule has 0 spiro atoms. The number of hydrogen-bond donors (Lipinski definition) is 2. The molecule has 0 unspecified atom stereocenters. The molecule has 2 aliphatic heterocycles. The molecule has 31 heavy (non-hydrogen) atoms. The Kier molecular flexibility index (Phi) is 4.73. The maximum absolute atomic E-state index is 13.2. The van der Waals surface area contributed by atoms with E-state index in [0.29, 0.717) is 25.1 Å². The first-order chi connectivity index (χ1) is 15.0. The van der Waals surface area contributed by atoms with Gasteiger partial charge in [-0.2, -0.15) is 0 Å². The van der Waals surface area contributed by atoms with Crippen LogP contribution in [0.15, 0.2) is 54.7 Å². The second kappa shape index (κ2) is 7.58. The zero-order valence-electron chi connectivity index (χ0n) is 17.3. The van der Waals surface area contributed by atoms with Crippen LogP contribution in [0.5, 0.6) is 0 Å². The molecule has 3 amide bonds. The molecular formula is C24H24N4O3. The molecule has 2 aromatic carbocycles. The average Bonchev–Trinajstić information content (AvgIpc) is 3.19. The van der Waals surface area contributed by atoms with Crippen molar-refractivity contribution in [1.29, 1.82) is 0 Å². The molecule has 3 aromatic rings. The summed E-state index contributed by atoms with van der Waals surface area (Å²) in [5.74, 6) is -0.395. The lowest BCUT2D eigenvalue weighted by Gasteiger charge is -2.45. The fourth-order valence-corrected chi connectivity index (χ4v) is 4.60. The van der Waals surface area contributed by atoms with E-state index in [1.165, 1.54) is 0 Å². The Morgan fingerprint density at radius 3 is 2.77 bits per heavy atom. The normalized spacial score (nSPS) is 21.2. The van der Waals surface area contributed by atoms with Gasteiger partial charge in [0.25, 0.3) is 5.91 Å². The standard InChI is InChI=1S/C24H24N4O3/c1-15-5-4-6-16(11-15)23(30)27-9-10-28-21(14-27)22(29)26-20(24(28)31)12-17-13-25-19-8-3-2-7-18(17)19/h2-8,11,13,20-21,25H,9-10,12,14H2,1H3,(H,26,29)/t20-,21+/m0/s1. The molecule has 7 nitrogen and oxygen atoms in total. The number of amides is 3. The van der Waals surface area contributed by atoms with E-state index in [-0.39, 0.29) is 24.3 Å². The molecule has 7 heteroatoms. The van der Waals surface area contributed by atoms with Gasteiger partial charge in [0.2, 0.25) is 11.8 Å². The maximum atomic E-state index is 13.2. The molecule has 158 valence electrons. The molecule has 0 bridgehead atoms. The second-order valence-corrected chi connectivity index (χ2v) is 8.29. The molecule has 1 aromatic heterocycles. The van der Waals surface area contributed by atoms with Crippen molar-refractivity contribution < 1.29 is 14.4 Å². The molecule has 2 aliphatic rings. The smallest absolute Gasteiger partial charge is 0.254 e.